The van der Waals surface area contributed by atoms with E-state index in [4.69, 9.17) is 0 Å². The fourth-order valence-corrected chi connectivity index (χ4v) is 3.43. The van der Waals surface area contributed by atoms with E-state index in [9.17, 15) is 15.2 Å². The van der Waals surface area contributed by atoms with Gasteiger partial charge in [-0.3, -0.25) is 10.1 Å². The summed E-state index contributed by atoms with van der Waals surface area (Å²) in [5.41, 5.74) is 0.521. The Morgan fingerprint density at radius 3 is 2.90 bits per heavy atom. The van der Waals surface area contributed by atoms with E-state index >= 15 is 0 Å². The number of rotatable bonds is 4. The van der Waals surface area contributed by atoms with Crippen LogP contribution in [0.25, 0.3) is 0 Å². The van der Waals surface area contributed by atoms with Crippen LogP contribution in [0.1, 0.15) is 32.6 Å². The van der Waals surface area contributed by atoms with Crippen LogP contribution >= 0.6 is 15.9 Å². The number of aliphatic hydroxyl groups excluding tert-OH is 1. The van der Waals surface area contributed by atoms with E-state index in [0.717, 1.165) is 24.9 Å². The molecule has 0 amide bonds. The summed E-state index contributed by atoms with van der Waals surface area (Å²) in [5.74, 6) is 0.570. The molecule has 6 heteroatoms. The van der Waals surface area contributed by atoms with Gasteiger partial charge in [0.25, 0.3) is 5.69 Å². The van der Waals surface area contributed by atoms with Gasteiger partial charge in [0.1, 0.15) is 0 Å². The topological polar surface area (TPSA) is 75.4 Å². The minimum absolute atomic E-state index is 0.0532. The molecule has 1 aromatic carbocycles. The van der Waals surface area contributed by atoms with Gasteiger partial charge in [0.15, 0.2) is 0 Å². The number of hydrogen-bond donors (Lipinski definition) is 2. The third kappa shape index (κ3) is 3.30. The van der Waals surface area contributed by atoms with E-state index in [1.807, 2.05) is 0 Å². The van der Waals surface area contributed by atoms with Gasteiger partial charge in [-0.05, 0) is 40.8 Å². The second-order valence-corrected chi connectivity index (χ2v) is 6.54. The van der Waals surface area contributed by atoms with E-state index in [1.54, 1.807) is 6.07 Å². The molecule has 2 rings (SSSR count). The Kier molecular flexibility index (Phi) is 4.65. The highest BCUT2D eigenvalue weighted by Gasteiger charge is 2.34. The number of aliphatic hydroxyl groups is 1. The van der Waals surface area contributed by atoms with Crippen LogP contribution in [0.5, 0.6) is 0 Å². The monoisotopic (exact) mass is 342 g/mol. The molecule has 0 radical (unpaired) electrons. The smallest absolute Gasteiger partial charge is 0.270 e. The first kappa shape index (κ1) is 15.3. The van der Waals surface area contributed by atoms with Crippen LogP contribution in [0.3, 0.4) is 0 Å². The number of benzene rings is 1. The highest BCUT2D eigenvalue weighted by Crippen LogP contribution is 2.37. The lowest BCUT2D eigenvalue weighted by atomic mass is 9.76. The summed E-state index contributed by atoms with van der Waals surface area (Å²) in [7, 11) is 0. The molecule has 0 heterocycles. The number of hydrogen-bond acceptors (Lipinski definition) is 4. The van der Waals surface area contributed by atoms with Crippen LogP contribution in [-0.2, 0) is 0 Å². The Bertz CT molecular complexity index is 509. The van der Waals surface area contributed by atoms with Gasteiger partial charge in [-0.2, -0.15) is 0 Å². The maximum atomic E-state index is 10.7. The molecule has 1 aromatic rings. The molecule has 0 saturated heterocycles. The molecule has 1 aliphatic carbocycles. The van der Waals surface area contributed by atoms with Crippen molar-refractivity contribution in [2.45, 2.75) is 38.1 Å². The molecule has 1 saturated carbocycles. The van der Waals surface area contributed by atoms with Gasteiger partial charge in [0, 0.05) is 22.3 Å². The second kappa shape index (κ2) is 6.10. The fourth-order valence-electron chi connectivity index (χ4n) is 2.96. The zero-order valence-electron chi connectivity index (χ0n) is 11.4. The first-order chi connectivity index (χ1) is 9.46. The predicted molar refractivity (Wildman–Crippen MR) is 81.9 cm³/mol. The first-order valence-electron chi connectivity index (χ1n) is 6.79. The zero-order chi connectivity index (χ0) is 14.8. The molecule has 110 valence electrons. The normalized spacial score (nSPS) is 26.2. The van der Waals surface area contributed by atoms with Gasteiger partial charge in [-0.15, -0.1) is 0 Å². The fraction of sp³-hybridized carbons (Fsp3) is 0.571. The summed E-state index contributed by atoms with van der Waals surface area (Å²) in [5, 5.41) is 23.9. The lowest BCUT2D eigenvalue weighted by Crippen LogP contribution is -2.45. The van der Waals surface area contributed by atoms with Crippen molar-refractivity contribution in [3.8, 4) is 0 Å². The standard InChI is InChI=1S/C14H19BrN2O3/c1-10-3-2-6-14(8-10,9-18)16-13-5-4-11(17(19)20)7-12(13)15/h4-5,7,10,16,18H,2-3,6,8-9H2,1H3. The number of nitro groups is 1. The van der Waals surface area contributed by atoms with E-state index in [1.165, 1.54) is 18.6 Å². The lowest BCUT2D eigenvalue weighted by Gasteiger charge is -2.40. The maximum absolute atomic E-state index is 10.7. The minimum atomic E-state index is -0.418. The highest BCUT2D eigenvalue weighted by atomic mass is 79.9. The molecule has 20 heavy (non-hydrogen) atoms. The van der Waals surface area contributed by atoms with E-state index in [0.29, 0.717) is 10.4 Å². The van der Waals surface area contributed by atoms with Gasteiger partial charge in [-0.1, -0.05) is 19.8 Å². The summed E-state index contributed by atoms with van der Waals surface area (Å²) in [4.78, 5) is 10.3. The molecule has 2 N–H and O–H groups in total. The third-order valence-electron chi connectivity index (χ3n) is 3.96. The van der Waals surface area contributed by atoms with Crippen molar-refractivity contribution in [1.29, 1.82) is 0 Å². The van der Waals surface area contributed by atoms with Crippen LogP contribution in [0.4, 0.5) is 11.4 Å². The van der Waals surface area contributed by atoms with Crippen LogP contribution in [-0.4, -0.2) is 22.2 Å². The molecule has 2 atom stereocenters. The molecule has 1 aliphatic rings. The molecule has 0 aliphatic heterocycles. The quantitative estimate of drug-likeness (QED) is 0.645. The van der Waals surface area contributed by atoms with E-state index < -0.39 is 4.92 Å². The number of halogens is 1. The summed E-state index contributed by atoms with van der Waals surface area (Å²) in [6, 6.07) is 4.66. The number of anilines is 1. The van der Waals surface area contributed by atoms with Gasteiger partial charge < -0.3 is 10.4 Å². The highest BCUT2D eigenvalue weighted by molar-refractivity contribution is 9.10. The van der Waals surface area contributed by atoms with Crippen LogP contribution in [0, 0.1) is 16.0 Å². The number of nitrogens with zero attached hydrogens (tertiary/aromatic N) is 1. The Labute approximate surface area is 126 Å². The van der Waals surface area contributed by atoms with E-state index in [2.05, 4.69) is 28.2 Å². The van der Waals surface area contributed by atoms with Crippen molar-refractivity contribution in [1.82, 2.24) is 0 Å². The van der Waals surface area contributed by atoms with Gasteiger partial charge >= 0.3 is 0 Å². The average Bonchev–Trinajstić information content (AvgIpc) is 2.41. The van der Waals surface area contributed by atoms with Crippen molar-refractivity contribution in [2.24, 2.45) is 5.92 Å². The molecule has 0 bridgehead atoms. The van der Waals surface area contributed by atoms with Crippen molar-refractivity contribution in [3.63, 3.8) is 0 Å². The Hall–Kier alpha value is -1.14. The van der Waals surface area contributed by atoms with Gasteiger partial charge in [0.2, 0.25) is 0 Å². The third-order valence-corrected chi connectivity index (χ3v) is 4.61. The average molecular weight is 343 g/mol. The SMILES string of the molecule is CC1CCCC(CO)(Nc2ccc([N+](=O)[O-])cc2Br)C1. The molecule has 0 spiro atoms. The van der Waals surface area contributed by atoms with Crippen molar-refractivity contribution in [2.75, 3.05) is 11.9 Å². The summed E-state index contributed by atoms with van der Waals surface area (Å²) < 4.78 is 0.651. The molecular formula is C14H19BrN2O3. The molecule has 1 fully saturated rings. The number of nitrogens with one attached hydrogen (secondary N) is 1. The summed E-state index contributed by atoms with van der Waals surface area (Å²) in [6.07, 6.45) is 4.09. The minimum Gasteiger partial charge on any atom is -0.394 e. The largest absolute Gasteiger partial charge is 0.394 e. The number of non-ortho nitro benzene ring substituents is 1. The van der Waals surface area contributed by atoms with Crippen LogP contribution in [0.2, 0.25) is 0 Å². The van der Waals surface area contributed by atoms with Gasteiger partial charge in [0.05, 0.1) is 17.1 Å². The maximum Gasteiger partial charge on any atom is 0.270 e. The number of nitro benzene ring substituents is 1. The van der Waals surface area contributed by atoms with Crippen LogP contribution < -0.4 is 5.32 Å². The Morgan fingerprint density at radius 1 is 1.60 bits per heavy atom. The lowest BCUT2D eigenvalue weighted by molar-refractivity contribution is -0.384. The van der Waals surface area contributed by atoms with Crippen LogP contribution in [0.15, 0.2) is 22.7 Å². The Morgan fingerprint density at radius 2 is 2.35 bits per heavy atom. The summed E-state index contributed by atoms with van der Waals surface area (Å²) in [6.45, 7) is 2.26. The van der Waals surface area contributed by atoms with Crippen molar-refractivity contribution >= 4 is 27.3 Å². The van der Waals surface area contributed by atoms with Crippen molar-refractivity contribution < 1.29 is 10.0 Å². The van der Waals surface area contributed by atoms with Gasteiger partial charge in [-0.25, -0.2) is 0 Å². The molecule has 5 nitrogen and oxygen atoms in total. The summed E-state index contributed by atoms with van der Waals surface area (Å²) >= 11 is 3.36. The first-order valence-corrected chi connectivity index (χ1v) is 7.58. The molecular weight excluding hydrogens is 324 g/mol. The van der Waals surface area contributed by atoms with Crippen molar-refractivity contribution in [3.05, 3.63) is 32.8 Å². The molecule has 2 unspecified atom stereocenters. The molecule has 0 aromatic heterocycles. The second-order valence-electron chi connectivity index (χ2n) is 5.69. The predicted octanol–water partition coefficient (Wildman–Crippen LogP) is 3.71. The Balaban J connectivity index is 2.21. The zero-order valence-corrected chi connectivity index (χ0v) is 13.0. The van der Waals surface area contributed by atoms with E-state index in [-0.39, 0.29) is 17.8 Å².